The number of rotatable bonds is 6. The highest BCUT2D eigenvalue weighted by atomic mass is 32.2. The number of hydrogen-bond acceptors (Lipinski definition) is 7. The lowest BCUT2D eigenvalue weighted by Gasteiger charge is -2.27. The summed E-state index contributed by atoms with van der Waals surface area (Å²) in [6, 6.07) is 11.2. The summed E-state index contributed by atoms with van der Waals surface area (Å²) >= 11 is 0. The molecule has 0 spiro atoms. The van der Waals surface area contributed by atoms with Gasteiger partial charge < -0.3 is 14.2 Å². The lowest BCUT2D eigenvalue weighted by atomic mass is 10.1. The molecule has 0 aliphatic carbocycles. The van der Waals surface area contributed by atoms with E-state index in [1.54, 1.807) is 24.3 Å². The standard InChI is InChI=1S/C23H26N2O7S/c1-30-20-8-7-16(13-21(20)33(28,29)24-9-11-32-12-10-24)14-22(26)25-18-6-4-3-5-17(18)15-19(25)23(27)31-2/h3-8,13,19H,9-12,14-15H2,1-2H3. The predicted octanol–water partition coefficient (Wildman–Crippen LogP) is 1.39. The van der Waals surface area contributed by atoms with Crippen LogP contribution in [-0.2, 0) is 41.9 Å². The molecule has 1 unspecified atom stereocenters. The zero-order valence-corrected chi connectivity index (χ0v) is 19.3. The number of para-hydroxylation sites is 1. The monoisotopic (exact) mass is 474 g/mol. The summed E-state index contributed by atoms with van der Waals surface area (Å²) in [7, 11) is -1.13. The van der Waals surface area contributed by atoms with E-state index >= 15 is 0 Å². The van der Waals surface area contributed by atoms with Crippen molar-refractivity contribution >= 4 is 27.6 Å². The summed E-state index contributed by atoms with van der Waals surface area (Å²) in [4.78, 5) is 27.2. The lowest BCUT2D eigenvalue weighted by molar-refractivity contribution is -0.143. The molecule has 0 bridgehead atoms. The van der Waals surface area contributed by atoms with Gasteiger partial charge in [-0.15, -0.1) is 0 Å². The van der Waals surface area contributed by atoms with E-state index in [-0.39, 0.29) is 36.1 Å². The van der Waals surface area contributed by atoms with Gasteiger partial charge in [0.05, 0.1) is 33.9 Å². The summed E-state index contributed by atoms with van der Waals surface area (Å²) < 4.78 is 43.3. The molecule has 176 valence electrons. The Labute approximate surface area is 192 Å². The minimum absolute atomic E-state index is 0.00328. The molecule has 2 aliphatic rings. The predicted molar refractivity (Wildman–Crippen MR) is 120 cm³/mol. The molecule has 1 amide bonds. The molecule has 0 aromatic heterocycles. The molecular weight excluding hydrogens is 448 g/mol. The molecule has 2 heterocycles. The van der Waals surface area contributed by atoms with Crippen LogP contribution in [0.1, 0.15) is 11.1 Å². The Bertz CT molecular complexity index is 1160. The molecular formula is C23H26N2O7S. The van der Waals surface area contributed by atoms with Crippen molar-refractivity contribution < 1.29 is 32.2 Å². The van der Waals surface area contributed by atoms with Crippen molar-refractivity contribution in [3.05, 3.63) is 53.6 Å². The third kappa shape index (κ3) is 4.46. The van der Waals surface area contributed by atoms with Gasteiger partial charge in [0.15, 0.2) is 0 Å². The minimum Gasteiger partial charge on any atom is -0.495 e. The second-order valence-electron chi connectivity index (χ2n) is 7.81. The number of hydrogen-bond donors (Lipinski definition) is 0. The first kappa shape index (κ1) is 23.2. The van der Waals surface area contributed by atoms with Gasteiger partial charge in [-0.05, 0) is 29.3 Å². The zero-order chi connectivity index (χ0) is 23.6. The Balaban J connectivity index is 1.64. The quantitative estimate of drug-likeness (QED) is 0.583. The molecule has 1 atom stereocenters. The zero-order valence-electron chi connectivity index (χ0n) is 18.5. The molecule has 2 aromatic carbocycles. The largest absolute Gasteiger partial charge is 0.495 e. The first-order chi connectivity index (χ1) is 15.9. The fourth-order valence-electron chi connectivity index (χ4n) is 4.24. The molecule has 0 radical (unpaired) electrons. The van der Waals surface area contributed by atoms with Crippen molar-refractivity contribution in [3.63, 3.8) is 0 Å². The summed E-state index contributed by atoms with van der Waals surface area (Å²) in [5.74, 6) is -0.614. The van der Waals surface area contributed by atoms with E-state index in [9.17, 15) is 18.0 Å². The van der Waals surface area contributed by atoms with Crippen LogP contribution in [-0.4, -0.2) is 71.2 Å². The van der Waals surface area contributed by atoms with Gasteiger partial charge in [-0.1, -0.05) is 24.3 Å². The Kier molecular flexibility index (Phi) is 6.68. The van der Waals surface area contributed by atoms with Gasteiger partial charge in [0, 0.05) is 25.2 Å². The number of nitrogens with zero attached hydrogens (tertiary/aromatic N) is 2. The molecule has 2 aliphatic heterocycles. The van der Waals surface area contributed by atoms with Crippen LogP contribution in [0.25, 0.3) is 0 Å². The number of anilines is 1. The fraction of sp³-hybridized carbons (Fsp3) is 0.391. The highest BCUT2D eigenvalue weighted by Crippen LogP contribution is 2.34. The number of carbonyl (C=O) groups excluding carboxylic acids is 2. The number of morpholine rings is 1. The molecule has 33 heavy (non-hydrogen) atoms. The van der Waals surface area contributed by atoms with E-state index in [1.807, 2.05) is 12.1 Å². The number of carbonyl (C=O) groups is 2. The van der Waals surface area contributed by atoms with E-state index < -0.39 is 22.0 Å². The number of fused-ring (bicyclic) bond motifs is 1. The van der Waals surface area contributed by atoms with Crippen LogP contribution in [0.5, 0.6) is 5.75 Å². The maximum Gasteiger partial charge on any atom is 0.329 e. The van der Waals surface area contributed by atoms with Gasteiger partial charge in [0.2, 0.25) is 15.9 Å². The van der Waals surface area contributed by atoms with Crippen LogP contribution in [0.15, 0.2) is 47.4 Å². The maximum atomic E-state index is 13.3. The highest BCUT2D eigenvalue weighted by molar-refractivity contribution is 7.89. The molecule has 2 aromatic rings. The summed E-state index contributed by atoms with van der Waals surface area (Å²) in [5, 5.41) is 0. The van der Waals surface area contributed by atoms with Gasteiger partial charge >= 0.3 is 5.97 Å². The summed E-state index contributed by atoms with van der Waals surface area (Å²) in [6.45, 7) is 1.14. The number of sulfonamides is 1. The van der Waals surface area contributed by atoms with Crippen molar-refractivity contribution in [1.29, 1.82) is 0 Å². The van der Waals surface area contributed by atoms with Crippen LogP contribution in [0.2, 0.25) is 0 Å². The number of esters is 1. The third-order valence-corrected chi connectivity index (χ3v) is 7.81. The SMILES string of the molecule is COC(=O)C1Cc2ccccc2N1C(=O)Cc1ccc(OC)c(S(=O)(=O)N2CCOCC2)c1. The van der Waals surface area contributed by atoms with Crippen LogP contribution < -0.4 is 9.64 Å². The Morgan fingerprint density at radius 1 is 1.09 bits per heavy atom. The normalized spacial score (nSPS) is 18.6. The van der Waals surface area contributed by atoms with Gasteiger partial charge in [-0.25, -0.2) is 13.2 Å². The second kappa shape index (κ2) is 9.50. The van der Waals surface area contributed by atoms with Crippen LogP contribution in [0, 0.1) is 0 Å². The summed E-state index contributed by atoms with van der Waals surface area (Å²) in [5.41, 5.74) is 2.04. The topological polar surface area (TPSA) is 102 Å². The van der Waals surface area contributed by atoms with Gasteiger partial charge in [-0.2, -0.15) is 4.31 Å². The van der Waals surface area contributed by atoms with Crippen LogP contribution in [0.3, 0.4) is 0 Å². The van der Waals surface area contributed by atoms with E-state index in [0.29, 0.717) is 30.9 Å². The molecule has 1 saturated heterocycles. The van der Waals surface area contributed by atoms with Crippen molar-refractivity contribution in [2.24, 2.45) is 0 Å². The van der Waals surface area contributed by atoms with Gasteiger partial charge in [0.1, 0.15) is 16.7 Å². The smallest absolute Gasteiger partial charge is 0.329 e. The maximum absolute atomic E-state index is 13.3. The van der Waals surface area contributed by atoms with Crippen molar-refractivity contribution in [2.45, 2.75) is 23.8 Å². The van der Waals surface area contributed by atoms with Crippen LogP contribution >= 0.6 is 0 Å². The summed E-state index contributed by atoms with van der Waals surface area (Å²) in [6.07, 6.45) is 0.283. The van der Waals surface area contributed by atoms with Crippen molar-refractivity contribution in [3.8, 4) is 5.75 Å². The average molecular weight is 475 g/mol. The molecule has 0 N–H and O–H groups in total. The second-order valence-corrected chi connectivity index (χ2v) is 9.72. The van der Waals surface area contributed by atoms with Crippen molar-refractivity contribution in [2.75, 3.05) is 45.4 Å². The highest BCUT2D eigenvalue weighted by Gasteiger charge is 2.39. The number of methoxy groups -OCH3 is 2. The third-order valence-electron chi connectivity index (χ3n) is 5.89. The first-order valence-corrected chi connectivity index (χ1v) is 12.0. The van der Waals surface area contributed by atoms with Crippen LogP contribution in [0.4, 0.5) is 5.69 Å². The number of ether oxygens (including phenoxy) is 3. The Hall–Kier alpha value is -2.95. The Morgan fingerprint density at radius 2 is 1.82 bits per heavy atom. The van der Waals surface area contributed by atoms with E-state index in [0.717, 1.165) is 5.56 Å². The number of amides is 1. The molecule has 4 rings (SSSR count). The lowest BCUT2D eigenvalue weighted by Crippen LogP contribution is -2.44. The van der Waals surface area contributed by atoms with E-state index in [1.165, 1.54) is 29.5 Å². The first-order valence-electron chi connectivity index (χ1n) is 10.6. The molecule has 1 fully saturated rings. The van der Waals surface area contributed by atoms with Crippen molar-refractivity contribution in [1.82, 2.24) is 4.31 Å². The fourth-order valence-corrected chi connectivity index (χ4v) is 5.85. The molecule has 9 nitrogen and oxygen atoms in total. The minimum atomic E-state index is -3.83. The molecule has 0 saturated carbocycles. The van der Waals surface area contributed by atoms with E-state index in [2.05, 4.69) is 0 Å². The van der Waals surface area contributed by atoms with E-state index in [4.69, 9.17) is 14.2 Å². The molecule has 10 heteroatoms. The average Bonchev–Trinajstić information content (AvgIpc) is 3.24. The van der Waals surface area contributed by atoms with Gasteiger partial charge in [0.25, 0.3) is 0 Å². The Morgan fingerprint density at radius 3 is 2.52 bits per heavy atom. The van der Waals surface area contributed by atoms with Gasteiger partial charge in [-0.3, -0.25) is 9.69 Å². The number of benzene rings is 2.